The van der Waals surface area contributed by atoms with Crippen molar-refractivity contribution in [1.82, 2.24) is 15.0 Å². The Bertz CT molecular complexity index is 4310. The molecule has 0 aliphatic rings. The molecule has 1 amide bonds. The summed E-state index contributed by atoms with van der Waals surface area (Å²) in [5.74, 6) is -5.24. The Morgan fingerprint density at radius 1 is 0.671 bits per heavy atom. The normalized spacial score (nSPS) is 13.1. The summed E-state index contributed by atoms with van der Waals surface area (Å²) in [6.07, 6.45) is 0. The topological polar surface area (TPSA) is 469 Å². The van der Waals surface area contributed by atoms with Gasteiger partial charge in [0.1, 0.15) is 32.6 Å². The molecule has 0 fully saturated rings. The molecule has 30 nitrogen and oxygen atoms in total. The average molecular weight is 1250 g/mol. The van der Waals surface area contributed by atoms with Gasteiger partial charge in [0.2, 0.25) is 32.9 Å². The molecule has 0 radical (unpaired) electrons. The first kappa shape index (κ1) is 59.6. The first-order chi connectivity index (χ1) is 36.8. The van der Waals surface area contributed by atoms with E-state index in [-0.39, 0.29) is 74.0 Å². The number of carbonyl (C=O) groups is 1. The van der Waals surface area contributed by atoms with Crippen molar-refractivity contribution >= 4 is 164 Å². The number of hydrogen-bond donors (Lipinski definition) is 9. The van der Waals surface area contributed by atoms with E-state index in [4.69, 9.17) is 31.9 Å². The molecule has 1 atom stereocenters. The highest BCUT2D eigenvalue weighted by Gasteiger charge is 2.25. The van der Waals surface area contributed by atoms with E-state index < -0.39 is 133 Å². The van der Waals surface area contributed by atoms with Crippen LogP contribution in [0, 0.1) is 6.92 Å². The van der Waals surface area contributed by atoms with Crippen LogP contribution >= 0.6 is 23.2 Å². The highest BCUT2D eigenvalue weighted by atomic mass is 35.5. The van der Waals surface area contributed by atoms with Gasteiger partial charge in [0.15, 0.2) is 28.5 Å². The van der Waals surface area contributed by atoms with Crippen molar-refractivity contribution in [2.24, 2.45) is 20.5 Å². The number of sulfone groups is 1. The van der Waals surface area contributed by atoms with Crippen LogP contribution in [-0.4, -0.2) is 120 Å². The second-order valence-corrected chi connectivity index (χ2v) is 24.8. The van der Waals surface area contributed by atoms with Crippen LogP contribution in [0.2, 0.25) is 5.28 Å². The third-order valence-corrected chi connectivity index (χ3v) is 16.0. The smallest absolute Gasteiger partial charge is 0.398 e. The summed E-state index contributed by atoms with van der Waals surface area (Å²) in [7, 11) is -24.7. The number of aromatic nitrogens is 3. The first-order valence-corrected chi connectivity index (χ1v) is 30.6. The molecule has 0 saturated heterocycles. The third kappa shape index (κ3) is 15.0. The number of aromatic hydroxyl groups is 2. The number of rotatable bonds is 21. The Labute approximate surface area is 458 Å². The lowest BCUT2D eigenvalue weighted by Gasteiger charge is -2.15. The van der Waals surface area contributed by atoms with Gasteiger partial charge in [-0.25, -0.2) is 16.8 Å². The molecular formula is C41H34Cl2N10O20S6. The van der Waals surface area contributed by atoms with E-state index >= 15 is 0 Å². The number of hydrogen-bond acceptors (Lipinski definition) is 25. The van der Waals surface area contributed by atoms with Crippen molar-refractivity contribution in [1.29, 1.82) is 0 Å². The van der Waals surface area contributed by atoms with Gasteiger partial charge < -0.3 is 26.2 Å². The number of aryl methyl sites for hydroxylation is 1. The van der Waals surface area contributed by atoms with Crippen molar-refractivity contribution < 1.29 is 87.9 Å². The number of carbonyl (C=O) groups excluding carboxylic acids is 1. The number of phenols is 2. The molecule has 418 valence electrons. The molecule has 7 rings (SSSR count). The number of anilines is 5. The van der Waals surface area contributed by atoms with Crippen LogP contribution in [-0.2, 0) is 74.8 Å². The summed E-state index contributed by atoms with van der Waals surface area (Å²) in [4.78, 5) is 21.7. The van der Waals surface area contributed by atoms with E-state index in [2.05, 4.69) is 55.5 Å². The summed E-state index contributed by atoms with van der Waals surface area (Å²) in [5.41, 5.74) is -2.02. The van der Waals surface area contributed by atoms with Gasteiger partial charge in [-0.1, -0.05) is 0 Å². The van der Waals surface area contributed by atoms with Crippen molar-refractivity contribution in [3.8, 4) is 11.5 Å². The third-order valence-electron chi connectivity index (χ3n) is 10.2. The number of nitrogens with zero attached hydrogens (tertiary/aromatic N) is 7. The van der Waals surface area contributed by atoms with Crippen LogP contribution in [0.1, 0.15) is 5.56 Å². The summed E-state index contributed by atoms with van der Waals surface area (Å²) in [5, 5.41) is 45.4. The molecule has 0 bridgehead atoms. The summed E-state index contributed by atoms with van der Waals surface area (Å²) in [6, 6.07) is 15.0. The highest BCUT2D eigenvalue weighted by Crippen LogP contribution is 2.45. The van der Waals surface area contributed by atoms with Gasteiger partial charge in [0.05, 0.1) is 27.8 Å². The minimum atomic E-state index is -5.17. The number of benzene rings is 6. The maximum absolute atomic E-state index is 12.6. The van der Waals surface area contributed by atoms with E-state index in [0.717, 1.165) is 54.6 Å². The van der Waals surface area contributed by atoms with Gasteiger partial charge in [0, 0.05) is 28.0 Å². The molecule has 0 aliphatic heterocycles. The Kier molecular flexibility index (Phi) is 17.6. The van der Waals surface area contributed by atoms with Gasteiger partial charge in [-0.15, -0.1) is 26.9 Å². The molecule has 0 spiro atoms. The highest BCUT2D eigenvalue weighted by molar-refractivity contribution is 7.92. The minimum absolute atomic E-state index is 0.00163. The zero-order valence-electron chi connectivity index (χ0n) is 39.1. The van der Waals surface area contributed by atoms with Crippen molar-refractivity contribution in [3.63, 3.8) is 0 Å². The molecule has 1 unspecified atom stereocenters. The summed E-state index contributed by atoms with van der Waals surface area (Å²) >= 11 is 9.68. The zero-order chi connectivity index (χ0) is 58.0. The molecule has 79 heavy (non-hydrogen) atoms. The van der Waals surface area contributed by atoms with E-state index in [9.17, 15) is 75.0 Å². The number of phenolic OH excluding ortho intramolecular Hbond substituents is 2. The molecule has 6 aromatic carbocycles. The molecule has 38 heteroatoms. The number of nitrogens with one attached hydrogen (secondary N) is 3. The Morgan fingerprint density at radius 2 is 1.32 bits per heavy atom. The van der Waals surface area contributed by atoms with Crippen LogP contribution in [0.25, 0.3) is 21.5 Å². The van der Waals surface area contributed by atoms with Gasteiger partial charge in [0.25, 0.3) is 30.4 Å². The quantitative estimate of drug-likeness (QED) is 0.0198. The molecule has 0 aliphatic carbocycles. The number of azo groups is 2. The fraction of sp³-hybridized carbons (Fsp3) is 0.122. The van der Waals surface area contributed by atoms with Crippen LogP contribution < -0.4 is 16.0 Å². The predicted molar refractivity (Wildman–Crippen MR) is 281 cm³/mol. The van der Waals surface area contributed by atoms with Crippen molar-refractivity contribution in [3.05, 3.63) is 95.8 Å². The van der Waals surface area contributed by atoms with Crippen molar-refractivity contribution in [2.45, 2.75) is 26.5 Å². The fourth-order valence-corrected chi connectivity index (χ4v) is 11.4. The lowest BCUT2D eigenvalue weighted by molar-refractivity contribution is -0.113. The Hall–Kier alpha value is -7.04. The standard InChI is InChI=1S/C41H34Cl2N10O20S6/c1-20-12-22-14-27(76(60,61)62)17-30(34(22)38(56)35(20)52-51-29-9-5-25(16-31(29)77(63,64)65)44-33(54)18-74(57)72-11-10-42)46-41-48-39(43)47-40(49-41)45-24-4-8-28-21(13-24)15-32(78(66,67)68)36(37(28)55)53-50-23-2-6-26(7-3-23)75(58,59)19-73-79(69,70)71/h2-9,12-17,55-56H,10-11,18-19H2,1H3,(H,44,54)(H,60,61,62)(H,63,64,65)(H,66,67,68)(H,69,70,71)(H2,45,46,47,48,49). The molecular weight excluding hydrogens is 1220 g/mol. The van der Waals surface area contributed by atoms with Gasteiger partial charge in [-0.05, 0) is 120 Å². The number of amides is 1. The van der Waals surface area contributed by atoms with Crippen molar-refractivity contribution in [2.75, 3.05) is 40.1 Å². The second kappa shape index (κ2) is 23.3. The lowest BCUT2D eigenvalue weighted by atomic mass is 10.0. The summed E-state index contributed by atoms with van der Waals surface area (Å²) < 4.78 is 181. The van der Waals surface area contributed by atoms with Crippen LogP contribution in [0.4, 0.5) is 51.7 Å². The van der Waals surface area contributed by atoms with E-state index in [1.807, 2.05) is 0 Å². The maximum Gasteiger partial charge on any atom is 0.398 e. The van der Waals surface area contributed by atoms with Gasteiger partial charge in [-0.3, -0.25) is 27.2 Å². The molecule has 7 aromatic rings. The molecule has 1 aromatic heterocycles. The summed E-state index contributed by atoms with van der Waals surface area (Å²) in [6.45, 7) is 1.28. The van der Waals surface area contributed by atoms with Crippen LogP contribution in [0.5, 0.6) is 11.5 Å². The number of fused-ring (bicyclic) bond motifs is 2. The first-order valence-electron chi connectivity index (χ1n) is 21.1. The predicted octanol–water partition coefficient (Wildman–Crippen LogP) is 7.02. The lowest BCUT2D eigenvalue weighted by Crippen LogP contribution is -2.21. The van der Waals surface area contributed by atoms with Crippen LogP contribution in [0.15, 0.2) is 125 Å². The van der Waals surface area contributed by atoms with Gasteiger partial charge >= 0.3 is 10.4 Å². The largest absolute Gasteiger partial charge is 0.505 e. The number of alkyl halides is 1. The SMILES string of the molecule is Cc1cc2cc(S(=O)(=O)O)cc(Nc3nc(Cl)nc(Nc4ccc5c(O)c(N=Nc6ccc(S(=O)(=O)COS(=O)(=O)O)cc6)c(S(=O)(=O)O)cc5c4)n3)c2c(O)c1N=Nc1ccc(NC(=O)CS(=O)OCCCl)cc1S(=O)(=O)O. The maximum atomic E-state index is 12.6. The monoisotopic (exact) mass is 1250 g/mol. The zero-order valence-corrected chi connectivity index (χ0v) is 45.6. The van der Waals surface area contributed by atoms with E-state index in [1.165, 1.54) is 37.3 Å². The van der Waals surface area contributed by atoms with E-state index in [1.54, 1.807) is 0 Å². The average Bonchev–Trinajstić information content (AvgIpc) is 3.52. The van der Waals surface area contributed by atoms with E-state index in [0.29, 0.717) is 0 Å². The molecule has 1 heterocycles. The fourth-order valence-electron chi connectivity index (χ4n) is 6.91. The van der Waals surface area contributed by atoms with Crippen LogP contribution in [0.3, 0.4) is 0 Å². The Balaban J connectivity index is 1.19. The number of halogens is 2. The Morgan fingerprint density at radius 3 is 1.95 bits per heavy atom. The van der Waals surface area contributed by atoms with Gasteiger partial charge in [-0.2, -0.15) is 53.7 Å². The second-order valence-electron chi connectivity index (χ2n) is 15.8. The molecule has 0 saturated carbocycles. The molecule has 9 N–H and O–H groups in total. The minimum Gasteiger partial charge on any atom is -0.505 e.